The third-order valence-electron chi connectivity index (χ3n) is 4.85. The van der Waals surface area contributed by atoms with Gasteiger partial charge in [-0.2, -0.15) is 0 Å². The SMILES string of the molecule is Brc1ccccc1CN1CCN(C2CCCCC2)CC1. The highest BCUT2D eigenvalue weighted by molar-refractivity contribution is 9.10. The van der Waals surface area contributed by atoms with Crippen LogP contribution >= 0.6 is 15.9 Å². The van der Waals surface area contributed by atoms with E-state index in [1.54, 1.807) is 0 Å². The van der Waals surface area contributed by atoms with Gasteiger partial charge in [-0.1, -0.05) is 53.4 Å². The number of rotatable bonds is 3. The van der Waals surface area contributed by atoms with Crippen molar-refractivity contribution in [2.24, 2.45) is 0 Å². The van der Waals surface area contributed by atoms with Gasteiger partial charge in [-0.05, 0) is 24.5 Å². The number of hydrogen-bond acceptors (Lipinski definition) is 2. The zero-order chi connectivity index (χ0) is 13.8. The van der Waals surface area contributed by atoms with Gasteiger partial charge >= 0.3 is 0 Å². The minimum atomic E-state index is 0.884. The highest BCUT2D eigenvalue weighted by atomic mass is 79.9. The summed E-state index contributed by atoms with van der Waals surface area (Å²) in [6, 6.07) is 9.49. The van der Waals surface area contributed by atoms with Crippen LogP contribution in [-0.4, -0.2) is 42.0 Å². The monoisotopic (exact) mass is 336 g/mol. The Morgan fingerprint density at radius 3 is 2.35 bits per heavy atom. The zero-order valence-electron chi connectivity index (χ0n) is 12.2. The first-order valence-corrected chi connectivity index (χ1v) is 8.82. The first kappa shape index (κ1) is 14.6. The van der Waals surface area contributed by atoms with E-state index < -0.39 is 0 Å². The molecule has 0 aromatic heterocycles. The lowest BCUT2D eigenvalue weighted by molar-refractivity contribution is 0.0754. The number of piperazine rings is 1. The molecule has 3 rings (SSSR count). The Labute approximate surface area is 131 Å². The van der Waals surface area contributed by atoms with Gasteiger partial charge in [-0.25, -0.2) is 0 Å². The number of nitrogens with zero attached hydrogens (tertiary/aromatic N) is 2. The lowest BCUT2D eigenvalue weighted by atomic mass is 9.94. The van der Waals surface area contributed by atoms with Crippen LogP contribution in [0.4, 0.5) is 0 Å². The molecule has 1 aliphatic heterocycles. The van der Waals surface area contributed by atoms with Gasteiger partial charge in [0.2, 0.25) is 0 Å². The average Bonchev–Trinajstić information content (AvgIpc) is 2.51. The van der Waals surface area contributed by atoms with E-state index in [2.05, 4.69) is 50.0 Å². The fourth-order valence-electron chi connectivity index (χ4n) is 3.60. The summed E-state index contributed by atoms with van der Waals surface area (Å²) in [6.45, 7) is 6.04. The largest absolute Gasteiger partial charge is 0.298 e. The normalized spacial score (nSPS) is 23.1. The van der Waals surface area contributed by atoms with E-state index in [0.717, 1.165) is 12.6 Å². The van der Waals surface area contributed by atoms with Gasteiger partial charge in [0.05, 0.1) is 0 Å². The van der Waals surface area contributed by atoms with Crippen molar-refractivity contribution in [2.45, 2.75) is 44.7 Å². The van der Waals surface area contributed by atoms with Crippen LogP contribution in [0.15, 0.2) is 28.7 Å². The van der Waals surface area contributed by atoms with Gasteiger partial charge in [-0.3, -0.25) is 9.80 Å². The van der Waals surface area contributed by atoms with Crippen molar-refractivity contribution in [3.63, 3.8) is 0 Å². The predicted molar refractivity (Wildman–Crippen MR) is 87.9 cm³/mol. The van der Waals surface area contributed by atoms with E-state index in [1.165, 1.54) is 68.3 Å². The van der Waals surface area contributed by atoms with Gasteiger partial charge in [0.15, 0.2) is 0 Å². The van der Waals surface area contributed by atoms with Crippen LogP contribution in [0.3, 0.4) is 0 Å². The summed E-state index contributed by atoms with van der Waals surface area (Å²) < 4.78 is 1.25. The quantitative estimate of drug-likeness (QED) is 0.825. The van der Waals surface area contributed by atoms with Crippen molar-refractivity contribution in [1.82, 2.24) is 9.80 Å². The molecule has 2 fully saturated rings. The average molecular weight is 337 g/mol. The molecule has 0 unspecified atom stereocenters. The van der Waals surface area contributed by atoms with Crippen molar-refractivity contribution >= 4 is 15.9 Å². The fraction of sp³-hybridized carbons (Fsp3) is 0.647. The molecule has 1 aromatic carbocycles. The summed E-state index contributed by atoms with van der Waals surface area (Å²) in [5.41, 5.74) is 1.42. The first-order chi connectivity index (χ1) is 9.83. The summed E-state index contributed by atoms with van der Waals surface area (Å²) in [7, 11) is 0. The molecule has 0 amide bonds. The van der Waals surface area contributed by atoms with E-state index in [-0.39, 0.29) is 0 Å². The maximum Gasteiger partial charge on any atom is 0.0246 e. The molecule has 0 atom stereocenters. The minimum Gasteiger partial charge on any atom is -0.298 e. The Hall–Kier alpha value is -0.380. The molecule has 3 heteroatoms. The Balaban J connectivity index is 1.50. The maximum absolute atomic E-state index is 3.66. The molecule has 0 bridgehead atoms. The topological polar surface area (TPSA) is 6.48 Å². The van der Waals surface area contributed by atoms with Crippen molar-refractivity contribution in [3.8, 4) is 0 Å². The van der Waals surface area contributed by atoms with E-state index >= 15 is 0 Å². The van der Waals surface area contributed by atoms with Gasteiger partial charge in [0, 0.05) is 43.2 Å². The second kappa shape index (κ2) is 7.06. The molecule has 1 aromatic rings. The lowest BCUT2D eigenvalue weighted by Gasteiger charge is -2.40. The standard InChI is InChI=1S/C17H25BrN2/c18-17-9-5-4-6-15(17)14-19-10-12-20(13-11-19)16-7-2-1-3-8-16/h4-6,9,16H,1-3,7-8,10-14H2. The first-order valence-electron chi connectivity index (χ1n) is 8.03. The molecule has 1 saturated carbocycles. The zero-order valence-corrected chi connectivity index (χ0v) is 13.8. The van der Waals surface area contributed by atoms with Crippen LogP contribution in [0, 0.1) is 0 Å². The Bertz CT molecular complexity index is 421. The molecule has 2 nitrogen and oxygen atoms in total. The molecule has 1 heterocycles. The predicted octanol–water partition coefficient (Wildman–Crippen LogP) is 3.90. The van der Waals surface area contributed by atoms with Crippen LogP contribution in [-0.2, 0) is 6.54 Å². The van der Waals surface area contributed by atoms with Crippen LogP contribution in [0.25, 0.3) is 0 Å². The smallest absolute Gasteiger partial charge is 0.0246 e. The summed E-state index contributed by atoms with van der Waals surface area (Å²) in [5.74, 6) is 0. The summed E-state index contributed by atoms with van der Waals surface area (Å²) in [5, 5.41) is 0. The summed E-state index contributed by atoms with van der Waals surface area (Å²) in [4.78, 5) is 5.34. The van der Waals surface area contributed by atoms with Gasteiger partial charge in [0.1, 0.15) is 0 Å². The van der Waals surface area contributed by atoms with Crippen LogP contribution < -0.4 is 0 Å². The molecule has 0 spiro atoms. The molecule has 0 N–H and O–H groups in total. The number of halogens is 1. The molecular formula is C17H25BrN2. The molecule has 0 radical (unpaired) electrons. The van der Waals surface area contributed by atoms with Crippen molar-refractivity contribution in [3.05, 3.63) is 34.3 Å². The molecular weight excluding hydrogens is 312 g/mol. The number of benzene rings is 1. The molecule has 1 saturated heterocycles. The summed E-state index contributed by atoms with van der Waals surface area (Å²) >= 11 is 3.66. The van der Waals surface area contributed by atoms with E-state index in [4.69, 9.17) is 0 Å². The van der Waals surface area contributed by atoms with E-state index in [9.17, 15) is 0 Å². The van der Waals surface area contributed by atoms with Crippen LogP contribution in [0.1, 0.15) is 37.7 Å². The second-order valence-corrected chi connectivity index (χ2v) is 7.05. The van der Waals surface area contributed by atoms with Crippen LogP contribution in [0.5, 0.6) is 0 Å². The number of hydrogen-bond donors (Lipinski definition) is 0. The highest BCUT2D eigenvalue weighted by Crippen LogP contribution is 2.24. The van der Waals surface area contributed by atoms with Crippen molar-refractivity contribution < 1.29 is 0 Å². The molecule has 20 heavy (non-hydrogen) atoms. The van der Waals surface area contributed by atoms with Gasteiger partial charge in [-0.15, -0.1) is 0 Å². The molecule has 110 valence electrons. The molecule has 1 aliphatic carbocycles. The van der Waals surface area contributed by atoms with Gasteiger partial charge in [0.25, 0.3) is 0 Å². The molecule has 2 aliphatic rings. The second-order valence-electron chi connectivity index (χ2n) is 6.20. The Morgan fingerprint density at radius 1 is 0.950 bits per heavy atom. The Morgan fingerprint density at radius 2 is 1.65 bits per heavy atom. The lowest BCUT2D eigenvalue weighted by Crippen LogP contribution is -2.50. The third-order valence-corrected chi connectivity index (χ3v) is 5.62. The Kier molecular flexibility index (Phi) is 5.14. The van der Waals surface area contributed by atoms with E-state index in [1.807, 2.05) is 0 Å². The minimum absolute atomic E-state index is 0.884. The van der Waals surface area contributed by atoms with Crippen molar-refractivity contribution in [1.29, 1.82) is 0 Å². The highest BCUT2D eigenvalue weighted by Gasteiger charge is 2.25. The summed E-state index contributed by atoms with van der Waals surface area (Å²) in [6.07, 6.45) is 7.22. The van der Waals surface area contributed by atoms with Crippen molar-refractivity contribution in [2.75, 3.05) is 26.2 Å². The third kappa shape index (κ3) is 3.63. The van der Waals surface area contributed by atoms with Crippen LogP contribution in [0.2, 0.25) is 0 Å². The maximum atomic E-state index is 3.66. The fourth-order valence-corrected chi connectivity index (χ4v) is 4.01. The van der Waals surface area contributed by atoms with Gasteiger partial charge < -0.3 is 0 Å². The van der Waals surface area contributed by atoms with E-state index in [0.29, 0.717) is 0 Å².